The first-order chi connectivity index (χ1) is 9.26. The van der Waals surface area contributed by atoms with Crippen LogP contribution in [0.1, 0.15) is 18.4 Å². The van der Waals surface area contributed by atoms with E-state index in [1.165, 1.54) is 0 Å². The SMILES string of the molecule is O=CCCc1ccc(NC(=O)CCOCCO)cc1. The molecule has 0 bridgehead atoms. The van der Waals surface area contributed by atoms with E-state index in [1.54, 1.807) is 0 Å². The van der Waals surface area contributed by atoms with Crippen LogP contribution in [0.3, 0.4) is 0 Å². The van der Waals surface area contributed by atoms with Crippen molar-refractivity contribution >= 4 is 17.9 Å². The fraction of sp³-hybridized carbons (Fsp3) is 0.429. The standard InChI is InChI=1S/C14H19NO4/c16-8-1-2-12-3-5-13(6-4-12)15-14(18)7-10-19-11-9-17/h3-6,8,17H,1-2,7,9-11H2,(H,15,18). The van der Waals surface area contributed by atoms with Crippen LogP contribution in [-0.2, 0) is 20.7 Å². The van der Waals surface area contributed by atoms with Gasteiger partial charge in [-0.25, -0.2) is 0 Å². The first-order valence-electron chi connectivity index (χ1n) is 6.27. The monoisotopic (exact) mass is 265 g/mol. The van der Waals surface area contributed by atoms with E-state index in [0.29, 0.717) is 19.4 Å². The zero-order chi connectivity index (χ0) is 13.9. The molecule has 1 rings (SSSR count). The van der Waals surface area contributed by atoms with Crippen LogP contribution in [0.15, 0.2) is 24.3 Å². The number of carbonyl (C=O) groups is 2. The molecule has 1 aromatic carbocycles. The first kappa shape index (κ1) is 15.3. The van der Waals surface area contributed by atoms with Gasteiger partial charge in [0.2, 0.25) is 5.91 Å². The quantitative estimate of drug-likeness (QED) is 0.519. The average molecular weight is 265 g/mol. The van der Waals surface area contributed by atoms with Crippen molar-refractivity contribution in [1.82, 2.24) is 0 Å². The predicted molar refractivity (Wildman–Crippen MR) is 72.0 cm³/mol. The Morgan fingerprint density at radius 1 is 1.26 bits per heavy atom. The van der Waals surface area contributed by atoms with E-state index < -0.39 is 0 Å². The molecule has 19 heavy (non-hydrogen) atoms. The fourth-order valence-electron chi connectivity index (χ4n) is 1.54. The van der Waals surface area contributed by atoms with E-state index >= 15 is 0 Å². The lowest BCUT2D eigenvalue weighted by Crippen LogP contribution is -2.14. The van der Waals surface area contributed by atoms with Crippen LogP contribution < -0.4 is 5.32 Å². The Balaban J connectivity index is 2.31. The van der Waals surface area contributed by atoms with E-state index in [0.717, 1.165) is 17.5 Å². The maximum absolute atomic E-state index is 11.5. The summed E-state index contributed by atoms with van der Waals surface area (Å²) in [6.07, 6.45) is 2.37. The molecular formula is C14H19NO4. The lowest BCUT2D eigenvalue weighted by molar-refractivity contribution is -0.117. The van der Waals surface area contributed by atoms with Crippen LogP contribution in [0.25, 0.3) is 0 Å². The number of aliphatic hydroxyl groups excluding tert-OH is 1. The molecule has 0 aromatic heterocycles. The molecule has 0 saturated carbocycles. The summed E-state index contributed by atoms with van der Waals surface area (Å²) < 4.78 is 5.01. The summed E-state index contributed by atoms with van der Waals surface area (Å²) >= 11 is 0. The number of aldehydes is 1. The van der Waals surface area contributed by atoms with Gasteiger partial charge in [-0.15, -0.1) is 0 Å². The largest absolute Gasteiger partial charge is 0.394 e. The minimum Gasteiger partial charge on any atom is -0.394 e. The van der Waals surface area contributed by atoms with Crippen molar-refractivity contribution in [3.05, 3.63) is 29.8 Å². The normalized spacial score (nSPS) is 10.2. The third kappa shape index (κ3) is 6.69. The lowest BCUT2D eigenvalue weighted by atomic mass is 10.1. The molecule has 0 atom stereocenters. The minimum absolute atomic E-state index is 0.0378. The minimum atomic E-state index is -0.126. The number of amides is 1. The van der Waals surface area contributed by atoms with Crippen molar-refractivity contribution in [2.24, 2.45) is 0 Å². The first-order valence-corrected chi connectivity index (χ1v) is 6.27. The maximum atomic E-state index is 11.5. The van der Waals surface area contributed by atoms with E-state index in [9.17, 15) is 9.59 Å². The van der Waals surface area contributed by atoms with E-state index in [4.69, 9.17) is 9.84 Å². The number of hydrogen-bond donors (Lipinski definition) is 2. The Kier molecular flexibility index (Phi) is 7.46. The number of rotatable bonds is 9. The molecule has 5 nitrogen and oxygen atoms in total. The van der Waals surface area contributed by atoms with Crippen LogP contribution in [0.5, 0.6) is 0 Å². The van der Waals surface area contributed by atoms with Gasteiger partial charge in [0.1, 0.15) is 6.29 Å². The van der Waals surface area contributed by atoms with E-state index in [-0.39, 0.29) is 25.5 Å². The zero-order valence-corrected chi connectivity index (χ0v) is 10.8. The van der Waals surface area contributed by atoms with Crippen molar-refractivity contribution in [2.75, 3.05) is 25.1 Å². The molecule has 0 heterocycles. The van der Waals surface area contributed by atoms with Crippen molar-refractivity contribution in [3.63, 3.8) is 0 Å². The fourth-order valence-corrected chi connectivity index (χ4v) is 1.54. The Morgan fingerprint density at radius 3 is 2.63 bits per heavy atom. The van der Waals surface area contributed by atoms with Gasteiger partial charge in [0.15, 0.2) is 0 Å². The van der Waals surface area contributed by atoms with Gasteiger partial charge in [0.05, 0.1) is 26.2 Å². The van der Waals surface area contributed by atoms with Crippen LogP contribution in [-0.4, -0.2) is 37.1 Å². The predicted octanol–water partition coefficient (Wildman–Crippen LogP) is 1.16. The Bertz CT molecular complexity index is 389. The topological polar surface area (TPSA) is 75.6 Å². The van der Waals surface area contributed by atoms with Gasteiger partial charge in [-0.2, -0.15) is 0 Å². The third-order valence-corrected chi connectivity index (χ3v) is 2.50. The van der Waals surface area contributed by atoms with Crippen LogP contribution >= 0.6 is 0 Å². The number of aliphatic hydroxyl groups is 1. The Morgan fingerprint density at radius 2 is 2.00 bits per heavy atom. The Hall–Kier alpha value is -1.72. The second-order valence-corrected chi connectivity index (χ2v) is 4.04. The van der Waals surface area contributed by atoms with Gasteiger partial charge in [0, 0.05) is 12.1 Å². The molecule has 0 spiro atoms. The molecular weight excluding hydrogens is 246 g/mol. The van der Waals surface area contributed by atoms with Gasteiger partial charge < -0.3 is 20.0 Å². The van der Waals surface area contributed by atoms with Gasteiger partial charge in [0.25, 0.3) is 0 Å². The molecule has 0 aliphatic heterocycles. The molecule has 1 amide bonds. The second-order valence-electron chi connectivity index (χ2n) is 4.04. The van der Waals surface area contributed by atoms with Crippen molar-refractivity contribution in [1.29, 1.82) is 0 Å². The van der Waals surface area contributed by atoms with Crippen LogP contribution in [0.2, 0.25) is 0 Å². The molecule has 104 valence electrons. The average Bonchev–Trinajstić information content (AvgIpc) is 2.43. The zero-order valence-electron chi connectivity index (χ0n) is 10.8. The van der Waals surface area contributed by atoms with E-state index in [2.05, 4.69) is 5.32 Å². The summed E-state index contributed by atoms with van der Waals surface area (Å²) in [5, 5.41) is 11.3. The molecule has 0 aliphatic carbocycles. The molecule has 0 fully saturated rings. The van der Waals surface area contributed by atoms with Crippen LogP contribution in [0.4, 0.5) is 5.69 Å². The highest BCUT2D eigenvalue weighted by Gasteiger charge is 2.02. The Labute approximate surface area is 112 Å². The molecule has 5 heteroatoms. The number of nitrogens with one attached hydrogen (secondary N) is 1. The molecule has 1 aromatic rings. The summed E-state index contributed by atoms with van der Waals surface area (Å²) in [7, 11) is 0. The van der Waals surface area contributed by atoms with Gasteiger partial charge in [-0.05, 0) is 24.1 Å². The lowest BCUT2D eigenvalue weighted by Gasteiger charge is -2.06. The van der Waals surface area contributed by atoms with Crippen molar-refractivity contribution < 1.29 is 19.4 Å². The third-order valence-electron chi connectivity index (χ3n) is 2.50. The highest BCUT2D eigenvalue weighted by atomic mass is 16.5. The number of ether oxygens (including phenoxy) is 1. The highest BCUT2D eigenvalue weighted by molar-refractivity contribution is 5.90. The second kappa shape index (κ2) is 9.24. The highest BCUT2D eigenvalue weighted by Crippen LogP contribution is 2.11. The number of hydrogen-bond acceptors (Lipinski definition) is 4. The van der Waals surface area contributed by atoms with Gasteiger partial charge in [-0.1, -0.05) is 12.1 Å². The molecule has 0 unspecified atom stereocenters. The van der Waals surface area contributed by atoms with Crippen LogP contribution in [0, 0.1) is 0 Å². The van der Waals surface area contributed by atoms with Gasteiger partial charge >= 0.3 is 0 Å². The number of benzene rings is 1. The summed E-state index contributed by atoms with van der Waals surface area (Å²) in [4.78, 5) is 21.8. The van der Waals surface area contributed by atoms with E-state index in [1.807, 2.05) is 24.3 Å². The number of anilines is 1. The molecule has 0 saturated heterocycles. The maximum Gasteiger partial charge on any atom is 0.226 e. The van der Waals surface area contributed by atoms with Crippen molar-refractivity contribution in [3.8, 4) is 0 Å². The number of carbonyl (C=O) groups excluding carboxylic acids is 2. The molecule has 0 aliphatic rings. The number of aryl methyl sites for hydroxylation is 1. The van der Waals surface area contributed by atoms with Crippen molar-refractivity contribution in [2.45, 2.75) is 19.3 Å². The molecule has 2 N–H and O–H groups in total. The summed E-state index contributed by atoms with van der Waals surface area (Å²) in [5.74, 6) is -0.126. The van der Waals surface area contributed by atoms with Gasteiger partial charge in [-0.3, -0.25) is 4.79 Å². The summed E-state index contributed by atoms with van der Waals surface area (Å²) in [6.45, 7) is 0.506. The molecule has 0 radical (unpaired) electrons. The summed E-state index contributed by atoms with van der Waals surface area (Å²) in [6, 6.07) is 7.40. The smallest absolute Gasteiger partial charge is 0.226 e. The summed E-state index contributed by atoms with van der Waals surface area (Å²) in [5.41, 5.74) is 1.79.